The van der Waals surface area contributed by atoms with Crippen molar-refractivity contribution < 1.29 is 0 Å². The zero-order valence-corrected chi connectivity index (χ0v) is 9.90. The highest BCUT2D eigenvalue weighted by molar-refractivity contribution is 9.10. The summed E-state index contributed by atoms with van der Waals surface area (Å²) in [5, 5.41) is 17.4. The van der Waals surface area contributed by atoms with Crippen molar-refractivity contribution in [2.75, 3.05) is 7.05 Å². The monoisotopic (exact) mass is 263 g/mol. The van der Waals surface area contributed by atoms with Gasteiger partial charge in [0.2, 0.25) is 0 Å². The molecule has 0 saturated carbocycles. The molecule has 0 aliphatic rings. The Labute approximate surface area is 97.7 Å². The molecule has 3 nitrogen and oxygen atoms in total. The van der Waals surface area contributed by atoms with Crippen molar-refractivity contribution in [1.82, 2.24) is 4.90 Å². The topological polar surface area (TPSA) is 50.8 Å². The van der Waals surface area contributed by atoms with E-state index in [1.165, 1.54) is 0 Å². The Hall–Kier alpha value is -1.36. The van der Waals surface area contributed by atoms with E-state index in [4.69, 9.17) is 10.5 Å². The Balaban J connectivity index is 2.71. The average molecular weight is 264 g/mol. The lowest BCUT2D eigenvalue weighted by atomic mass is 10.2. The van der Waals surface area contributed by atoms with E-state index in [2.05, 4.69) is 15.9 Å². The smallest absolute Gasteiger partial charge is 0.186 e. The van der Waals surface area contributed by atoms with Crippen LogP contribution in [-0.2, 0) is 6.54 Å². The summed E-state index contributed by atoms with van der Waals surface area (Å²) in [6, 6.07) is 11.0. The number of nitrogens with zero attached hydrogens (tertiary/aromatic N) is 3. The average Bonchev–Trinajstić information content (AvgIpc) is 2.19. The van der Waals surface area contributed by atoms with E-state index in [0.29, 0.717) is 6.54 Å². The molecule has 0 aliphatic carbocycles. The van der Waals surface area contributed by atoms with Gasteiger partial charge in [-0.25, -0.2) is 0 Å². The van der Waals surface area contributed by atoms with E-state index in [1.807, 2.05) is 36.4 Å². The summed E-state index contributed by atoms with van der Waals surface area (Å²) in [5.41, 5.74) is 1.07. The van der Waals surface area contributed by atoms with Crippen LogP contribution in [0.3, 0.4) is 0 Å². The van der Waals surface area contributed by atoms with E-state index >= 15 is 0 Å². The summed E-state index contributed by atoms with van der Waals surface area (Å²) in [6.07, 6.45) is 0. The van der Waals surface area contributed by atoms with Gasteiger partial charge in [-0.2, -0.15) is 10.5 Å². The zero-order chi connectivity index (χ0) is 11.3. The Kier molecular flexibility index (Phi) is 4.30. The van der Waals surface area contributed by atoms with Crippen molar-refractivity contribution in [3.8, 4) is 12.1 Å². The first-order valence-electron chi connectivity index (χ1n) is 4.41. The molecule has 76 valence electrons. The molecule has 0 bridgehead atoms. The molecule has 0 unspecified atom stereocenters. The minimum Gasteiger partial charge on any atom is -0.275 e. The van der Waals surface area contributed by atoms with Crippen LogP contribution >= 0.6 is 15.9 Å². The van der Waals surface area contributed by atoms with E-state index in [-0.39, 0.29) is 0 Å². The predicted octanol–water partition coefficient (Wildman–Crippen LogP) is 2.30. The summed E-state index contributed by atoms with van der Waals surface area (Å²) in [7, 11) is 1.76. The van der Waals surface area contributed by atoms with Gasteiger partial charge in [-0.3, -0.25) is 4.90 Å². The Morgan fingerprint density at radius 2 is 2.07 bits per heavy atom. The molecule has 0 aliphatic heterocycles. The first-order valence-corrected chi connectivity index (χ1v) is 5.20. The SMILES string of the molecule is CN(Cc1cccc(Br)c1)C(C#N)C#N. The van der Waals surface area contributed by atoms with Crippen LogP contribution in [0.25, 0.3) is 0 Å². The Morgan fingerprint density at radius 3 is 2.60 bits per heavy atom. The second-order valence-electron chi connectivity index (χ2n) is 3.21. The fourth-order valence-corrected chi connectivity index (χ4v) is 1.69. The lowest BCUT2D eigenvalue weighted by Gasteiger charge is -2.16. The third-order valence-electron chi connectivity index (χ3n) is 2.01. The second kappa shape index (κ2) is 5.50. The number of nitriles is 2. The van der Waals surface area contributed by atoms with Gasteiger partial charge in [0.15, 0.2) is 6.04 Å². The number of hydrogen-bond donors (Lipinski definition) is 0. The molecule has 0 N–H and O–H groups in total. The molecular formula is C11H10BrN3. The first-order chi connectivity index (χ1) is 7.17. The highest BCUT2D eigenvalue weighted by atomic mass is 79.9. The van der Waals surface area contributed by atoms with Crippen LogP contribution in [0.1, 0.15) is 5.56 Å². The molecule has 0 fully saturated rings. The van der Waals surface area contributed by atoms with Gasteiger partial charge < -0.3 is 0 Å². The van der Waals surface area contributed by atoms with E-state index in [9.17, 15) is 0 Å². The third-order valence-corrected chi connectivity index (χ3v) is 2.50. The fraction of sp³-hybridized carbons (Fsp3) is 0.273. The van der Waals surface area contributed by atoms with Crippen LogP contribution in [0.4, 0.5) is 0 Å². The van der Waals surface area contributed by atoms with Crippen LogP contribution in [0.5, 0.6) is 0 Å². The quantitative estimate of drug-likeness (QED) is 0.841. The van der Waals surface area contributed by atoms with Gasteiger partial charge in [-0.05, 0) is 24.7 Å². The molecule has 1 aromatic carbocycles. The molecule has 0 amide bonds. The summed E-state index contributed by atoms with van der Waals surface area (Å²) < 4.78 is 0.999. The molecule has 1 aromatic rings. The van der Waals surface area contributed by atoms with Gasteiger partial charge in [0.05, 0.1) is 12.1 Å². The lowest BCUT2D eigenvalue weighted by Crippen LogP contribution is -2.28. The van der Waals surface area contributed by atoms with Gasteiger partial charge in [-0.1, -0.05) is 28.1 Å². The predicted molar refractivity (Wildman–Crippen MR) is 60.6 cm³/mol. The standard InChI is InChI=1S/C11H10BrN3/c1-15(11(6-13)7-14)8-9-3-2-4-10(12)5-9/h2-5,11H,8H2,1H3. The number of halogens is 1. The fourth-order valence-electron chi connectivity index (χ4n) is 1.24. The molecule has 1 rings (SSSR count). The summed E-state index contributed by atoms with van der Waals surface area (Å²) in [4.78, 5) is 1.71. The van der Waals surface area contributed by atoms with Crippen LogP contribution in [-0.4, -0.2) is 18.0 Å². The second-order valence-corrected chi connectivity index (χ2v) is 4.12. The normalized spacial score (nSPS) is 10.0. The van der Waals surface area contributed by atoms with Gasteiger partial charge in [0, 0.05) is 11.0 Å². The Morgan fingerprint density at radius 1 is 1.40 bits per heavy atom. The van der Waals surface area contributed by atoms with Crippen molar-refractivity contribution in [3.05, 3.63) is 34.3 Å². The van der Waals surface area contributed by atoms with Crippen molar-refractivity contribution in [1.29, 1.82) is 10.5 Å². The van der Waals surface area contributed by atoms with Crippen molar-refractivity contribution >= 4 is 15.9 Å². The van der Waals surface area contributed by atoms with Crippen LogP contribution in [0.2, 0.25) is 0 Å². The molecule has 0 spiro atoms. The van der Waals surface area contributed by atoms with Crippen molar-refractivity contribution in [2.45, 2.75) is 12.6 Å². The zero-order valence-electron chi connectivity index (χ0n) is 8.31. The summed E-state index contributed by atoms with van der Waals surface area (Å²) in [6.45, 7) is 0.589. The summed E-state index contributed by atoms with van der Waals surface area (Å²) in [5.74, 6) is 0. The van der Waals surface area contributed by atoms with E-state index in [0.717, 1.165) is 10.0 Å². The number of hydrogen-bond acceptors (Lipinski definition) is 3. The molecule has 0 radical (unpaired) electrons. The van der Waals surface area contributed by atoms with Gasteiger partial charge in [0.25, 0.3) is 0 Å². The molecule has 0 aromatic heterocycles. The van der Waals surface area contributed by atoms with Crippen molar-refractivity contribution in [2.24, 2.45) is 0 Å². The summed E-state index contributed by atoms with van der Waals surface area (Å²) >= 11 is 3.37. The highest BCUT2D eigenvalue weighted by Gasteiger charge is 2.12. The molecular weight excluding hydrogens is 254 g/mol. The minimum atomic E-state index is -0.691. The third kappa shape index (κ3) is 3.36. The molecule has 0 atom stereocenters. The van der Waals surface area contributed by atoms with E-state index in [1.54, 1.807) is 11.9 Å². The van der Waals surface area contributed by atoms with Crippen LogP contribution in [0.15, 0.2) is 28.7 Å². The largest absolute Gasteiger partial charge is 0.275 e. The maximum Gasteiger partial charge on any atom is 0.186 e. The molecule has 0 saturated heterocycles. The molecule has 0 heterocycles. The lowest BCUT2D eigenvalue weighted by molar-refractivity contribution is 0.321. The van der Waals surface area contributed by atoms with Gasteiger partial charge >= 0.3 is 0 Å². The first kappa shape index (κ1) is 11.7. The maximum atomic E-state index is 8.71. The highest BCUT2D eigenvalue weighted by Crippen LogP contribution is 2.13. The van der Waals surface area contributed by atoms with Crippen LogP contribution < -0.4 is 0 Å². The van der Waals surface area contributed by atoms with Gasteiger partial charge in [0.1, 0.15) is 0 Å². The maximum absolute atomic E-state index is 8.71. The van der Waals surface area contributed by atoms with Crippen molar-refractivity contribution in [3.63, 3.8) is 0 Å². The van der Waals surface area contributed by atoms with Gasteiger partial charge in [-0.15, -0.1) is 0 Å². The Bertz CT molecular complexity index is 403. The molecule has 15 heavy (non-hydrogen) atoms. The molecule has 4 heteroatoms. The van der Waals surface area contributed by atoms with Crippen LogP contribution in [0, 0.1) is 22.7 Å². The number of benzene rings is 1. The number of rotatable bonds is 3. The minimum absolute atomic E-state index is 0.589. The van der Waals surface area contributed by atoms with E-state index < -0.39 is 6.04 Å².